The maximum atomic E-state index is 12.8. The van der Waals surface area contributed by atoms with E-state index in [2.05, 4.69) is 20.0 Å². The van der Waals surface area contributed by atoms with Gasteiger partial charge in [0.25, 0.3) is 0 Å². The van der Waals surface area contributed by atoms with Crippen LogP contribution in [0.25, 0.3) is 10.9 Å². The Bertz CT molecular complexity index is 1180. The number of sulfonamides is 1. The van der Waals surface area contributed by atoms with Crippen LogP contribution in [-0.2, 0) is 16.2 Å². The van der Waals surface area contributed by atoms with Crippen LogP contribution in [0.4, 0.5) is 19.0 Å². The number of nitrogens with one attached hydrogen (secondary N) is 2. The van der Waals surface area contributed by atoms with E-state index < -0.39 is 26.7 Å². The van der Waals surface area contributed by atoms with Crippen LogP contribution in [0.5, 0.6) is 0 Å². The lowest BCUT2D eigenvalue weighted by molar-refractivity contribution is -0.137. The highest BCUT2D eigenvalue weighted by Gasteiger charge is 2.31. The summed E-state index contributed by atoms with van der Waals surface area (Å²) in [7, 11) is -4.07. The number of rotatable bonds is 7. The van der Waals surface area contributed by atoms with E-state index in [1.807, 2.05) is 24.3 Å². The van der Waals surface area contributed by atoms with Crippen molar-refractivity contribution in [3.63, 3.8) is 0 Å². The molecular formula is C20H19F3N4O2S. The van der Waals surface area contributed by atoms with Crippen molar-refractivity contribution in [2.75, 3.05) is 18.4 Å². The second kappa shape index (κ2) is 7.84. The summed E-state index contributed by atoms with van der Waals surface area (Å²) in [5, 5.41) is 3.93. The largest absolute Gasteiger partial charge is 0.416 e. The molecule has 0 aliphatic heterocycles. The molecule has 0 radical (unpaired) electrons. The molecule has 1 aliphatic rings. The maximum Gasteiger partial charge on any atom is 0.416 e. The van der Waals surface area contributed by atoms with E-state index in [1.54, 1.807) is 0 Å². The molecule has 0 spiro atoms. The predicted molar refractivity (Wildman–Crippen MR) is 107 cm³/mol. The molecule has 4 rings (SSSR count). The number of alkyl halides is 3. The molecule has 1 saturated carbocycles. The predicted octanol–water partition coefficient (Wildman–Crippen LogP) is 3.92. The summed E-state index contributed by atoms with van der Waals surface area (Å²) in [4.78, 5) is 8.72. The third-order valence-electron chi connectivity index (χ3n) is 4.74. The van der Waals surface area contributed by atoms with Crippen LogP contribution in [0.15, 0.2) is 53.4 Å². The molecule has 2 N–H and O–H groups in total. The summed E-state index contributed by atoms with van der Waals surface area (Å²) in [6.45, 7) is 0.193. The number of para-hydroxylation sites is 1. The highest BCUT2D eigenvalue weighted by molar-refractivity contribution is 7.89. The van der Waals surface area contributed by atoms with E-state index in [4.69, 9.17) is 0 Å². The number of nitrogens with zero attached hydrogens (tertiary/aromatic N) is 2. The number of hydrogen-bond donors (Lipinski definition) is 2. The minimum absolute atomic E-state index is 0.0182. The Morgan fingerprint density at radius 3 is 2.50 bits per heavy atom. The second-order valence-electron chi connectivity index (χ2n) is 7.07. The maximum absolute atomic E-state index is 12.8. The molecule has 3 aromatic rings. The highest BCUT2D eigenvalue weighted by Crippen LogP contribution is 2.39. The average molecular weight is 436 g/mol. The summed E-state index contributed by atoms with van der Waals surface area (Å²) in [5.41, 5.74) is -0.204. The zero-order valence-corrected chi connectivity index (χ0v) is 16.6. The fraction of sp³-hybridized carbons (Fsp3) is 0.300. The first-order valence-electron chi connectivity index (χ1n) is 9.41. The number of fused-ring (bicyclic) bond motifs is 1. The molecule has 0 atom stereocenters. The van der Waals surface area contributed by atoms with Crippen LogP contribution >= 0.6 is 0 Å². The first kappa shape index (κ1) is 20.5. The molecule has 158 valence electrons. The normalized spacial score (nSPS) is 14.8. The molecule has 1 aromatic heterocycles. The quantitative estimate of drug-likeness (QED) is 0.549. The first-order valence-corrected chi connectivity index (χ1v) is 10.9. The van der Waals surface area contributed by atoms with Gasteiger partial charge in [0, 0.05) is 24.4 Å². The van der Waals surface area contributed by atoms with Gasteiger partial charge in [0.15, 0.2) is 0 Å². The van der Waals surface area contributed by atoms with Crippen molar-refractivity contribution < 1.29 is 21.6 Å². The molecule has 6 nitrogen and oxygen atoms in total. The van der Waals surface area contributed by atoms with E-state index in [0.29, 0.717) is 17.8 Å². The summed E-state index contributed by atoms with van der Waals surface area (Å²) in [5.74, 6) is 1.73. The Morgan fingerprint density at radius 2 is 1.77 bits per heavy atom. The number of hydrogen-bond acceptors (Lipinski definition) is 5. The molecule has 0 saturated heterocycles. The van der Waals surface area contributed by atoms with Gasteiger partial charge in [-0.15, -0.1) is 0 Å². The standard InChI is InChI=1S/C20H19F3N4O2S/c21-20(22,23)14-4-3-5-15(12-14)30(28,29)25-11-10-24-19-16-6-1-2-7-17(16)26-18(27-19)13-8-9-13/h1-7,12-13,25H,8-11H2,(H,24,26,27). The van der Waals surface area contributed by atoms with E-state index in [9.17, 15) is 21.6 Å². The van der Waals surface area contributed by atoms with Crippen LogP contribution in [0.1, 0.15) is 30.1 Å². The Balaban J connectivity index is 1.44. The van der Waals surface area contributed by atoms with Gasteiger partial charge in [0.1, 0.15) is 11.6 Å². The van der Waals surface area contributed by atoms with Crippen LogP contribution in [0, 0.1) is 0 Å². The fourth-order valence-corrected chi connectivity index (χ4v) is 4.12. The summed E-state index contributed by atoms with van der Waals surface area (Å²) >= 11 is 0. The topological polar surface area (TPSA) is 84.0 Å². The third kappa shape index (κ3) is 4.54. The lowest BCUT2D eigenvalue weighted by Gasteiger charge is -2.12. The number of benzene rings is 2. The van der Waals surface area contributed by atoms with Gasteiger partial charge in [0.05, 0.1) is 16.0 Å². The SMILES string of the molecule is O=S(=O)(NCCNc1nc(C2CC2)nc2ccccc12)c1cccc(C(F)(F)F)c1. The van der Waals surface area contributed by atoms with Crippen molar-refractivity contribution in [2.24, 2.45) is 0 Å². The lowest BCUT2D eigenvalue weighted by Crippen LogP contribution is -2.29. The van der Waals surface area contributed by atoms with Crippen LogP contribution in [0.2, 0.25) is 0 Å². The van der Waals surface area contributed by atoms with Gasteiger partial charge in [-0.1, -0.05) is 18.2 Å². The summed E-state index contributed by atoms with van der Waals surface area (Å²) < 4.78 is 65.5. The molecule has 10 heteroatoms. The Kier molecular flexibility index (Phi) is 5.37. The lowest BCUT2D eigenvalue weighted by atomic mass is 10.2. The number of halogens is 3. The molecule has 30 heavy (non-hydrogen) atoms. The third-order valence-corrected chi connectivity index (χ3v) is 6.20. The van der Waals surface area contributed by atoms with Crippen molar-refractivity contribution in [3.8, 4) is 0 Å². The molecule has 1 aliphatic carbocycles. The molecule has 1 heterocycles. The molecule has 2 aromatic carbocycles. The van der Waals surface area contributed by atoms with Crippen molar-refractivity contribution in [1.29, 1.82) is 0 Å². The Labute approximate surface area is 171 Å². The van der Waals surface area contributed by atoms with Crippen LogP contribution in [0.3, 0.4) is 0 Å². The average Bonchev–Trinajstić information content (AvgIpc) is 3.56. The number of anilines is 1. The summed E-state index contributed by atoms with van der Waals surface area (Å²) in [6.07, 6.45) is -2.51. The zero-order chi connectivity index (χ0) is 21.4. The van der Waals surface area contributed by atoms with Gasteiger partial charge in [-0.05, 0) is 43.2 Å². The van der Waals surface area contributed by atoms with Gasteiger partial charge >= 0.3 is 6.18 Å². The first-order chi connectivity index (χ1) is 14.2. The van der Waals surface area contributed by atoms with Gasteiger partial charge < -0.3 is 5.32 Å². The molecule has 0 amide bonds. The second-order valence-corrected chi connectivity index (χ2v) is 8.84. The van der Waals surface area contributed by atoms with Gasteiger partial charge in [-0.25, -0.2) is 23.1 Å². The molecule has 0 bridgehead atoms. The molecule has 1 fully saturated rings. The Hall–Kier alpha value is -2.72. The molecular weight excluding hydrogens is 417 g/mol. The minimum atomic E-state index is -4.61. The van der Waals surface area contributed by atoms with E-state index >= 15 is 0 Å². The van der Waals surface area contributed by atoms with Crippen LogP contribution in [-0.4, -0.2) is 31.5 Å². The minimum Gasteiger partial charge on any atom is -0.368 e. The molecule has 0 unspecified atom stereocenters. The smallest absolute Gasteiger partial charge is 0.368 e. The van der Waals surface area contributed by atoms with Gasteiger partial charge in [-0.2, -0.15) is 13.2 Å². The van der Waals surface area contributed by atoms with Gasteiger partial charge in [0.2, 0.25) is 10.0 Å². The monoisotopic (exact) mass is 436 g/mol. The van der Waals surface area contributed by atoms with Crippen molar-refractivity contribution in [3.05, 3.63) is 59.9 Å². The fourth-order valence-electron chi connectivity index (χ4n) is 3.04. The van der Waals surface area contributed by atoms with E-state index in [1.165, 1.54) is 0 Å². The van der Waals surface area contributed by atoms with Crippen molar-refractivity contribution >= 4 is 26.7 Å². The van der Waals surface area contributed by atoms with E-state index in [0.717, 1.165) is 47.8 Å². The Morgan fingerprint density at radius 1 is 1.00 bits per heavy atom. The zero-order valence-electron chi connectivity index (χ0n) is 15.8. The van der Waals surface area contributed by atoms with Crippen LogP contribution < -0.4 is 10.0 Å². The van der Waals surface area contributed by atoms with Crippen molar-refractivity contribution in [2.45, 2.75) is 29.8 Å². The van der Waals surface area contributed by atoms with Gasteiger partial charge in [-0.3, -0.25) is 0 Å². The highest BCUT2D eigenvalue weighted by atomic mass is 32.2. The number of aromatic nitrogens is 2. The summed E-state index contributed by atoms with van der Waals surface area (Å²) in [6, 6.07) is 11.2. The van der Waals surface area contributed by atoms with E-state index in [-0.39, 0.29) is 13.1 Å². The van der Waals surface area contributed by atoms with Crippen molar-refractivity contribution in [1.82, 2.24) is 14.7 Å².